The van der Waals surface area contributed by atoms with Gasteiger partial charge in [-0.25, -0.2) is 9.59 Å². The Morgan fingerprint density at radius 2 is 1.64 bits per heavy atom. The van der Waals surface area contributed by atoms with E-state index >= 15 is 0 Å². The topological polar surface area (TPSA) is 108 Å². The molecule has 1 N–H and O–H groups in total. The van der Waals surface area contributed by atoms with Crippen molar-refractivity contribution >= 4 is 22.2 Å². The second kappa shape index (κ2) is 9.75. The maximum Gasteiger partial charge on any atom is 0.408 e. The first-order valence-electron chi connectivity index (χ1n) is 8.30. The lowest BCUT2D eigenvalue weighted by Gasteiger charge is -2.17. The van der Waals surface area contributed by atoms with Gasteiger partial charge in [-0.05, 0) is 23.3 Å². The molecule has 0 saturated carbocycles. The minimum atomic E-state index is -3.62. The minimum absolute atomic E-state index is 0.0676. The molecule has 9 heteroatoms. The molecule has 0 heterocycles. The highest BCUT2D eigenvalue weighted by Crippen LogP contribution is 2.15. The van der Waals surface area contributed by atoms with Crippen LogP contribution in [-0.4, -0.2) is 39.9 Å². The summed E-state index contributed by atoms with van der Waals surface area (Å²) in [5, 5.41) is 2.48. The Kier molecular flexibility index (Phi) is 7.39. The average Bonchev–Trinajstić information content (AvgIpc) is 2.66. The molecule has 8 nitrogen and oxygen atoms in total. The van der Waals surface area contributed by atoms with Crippen molar-refractivity contribution in [3.05, 3.63) is 65.7 Å². The van der Waals surface area contributed by atoms with Crippen LogP contribution in [0.2, 0.25) is 0 Å². The summed E-state index contributed by atoms with van der Waals surface area (Å²) in [6.45, 7) is 0.0676. The van der Waals surface area contributed by atoms with E-state index in [4.69, 9.17) is 13.7 Å². The van der Waals surface area contributed by atoms with Gasteiger partial charge in [0, 0.05) is 6.42 Å². The van der Waals surface area contributed by atoms with Gasteiger partial charge in [0.15, 0.2) is 0 Å². The van der Waals surface area contributed by atoms with Crippen LogP contribution in [0.4, 0.5) is 4.79 Å². The maximum absolute atomic E-state index is 12.0. The van der Waals surface area contributed by atoms with Crippen LogP contribution in [0.5, 0.6) is 5.75 Å². The SMILES string of the molecule is COC(=O)C(Cc1ccc(OS(C)(=O)=O)cc1)NC(=O)OCc1ccccc1. The van der Waals surface area contributed by atoms with E-state index in [1.54, 1.807) is 12.1 Å². The molecule has 28 heavy (non-hydrogen) atoms. The number of rotatable bonds is 8. The number of alkyl carbamates (subject to hydrolysis) is 1. The van der Waals surface area contributed by atoms with Crippen LogP contribution in [0, 0.1) is 0 Å². The molecular weight excluding hydrogens is 386 g/mol. The smallest absolute Gasteiger partial charge is 0.408 e. The zero-order valence-corrected chi connectivity index (χ0v) is 16.3. The highest BCUT2D eigenvalue weighted by molar-refractivity contribution is 7.86. The molecule has 0 aromatic heterocycles. The van der Waals surface area contributed by atoms with Crippen molar-refractivity contribution in [2.75, 3.05) is 13.4 Å². The van der Waals surface area contributed by atoms with Crippen molar-refractivity contribution in [3.63, 3.8) is 0 Å². The van der Waals surface area contributed by atoms with Gasteiger partial charge in [0.1, 0.15) is 18.4 Å². The van der Waals surface area contributed by atoms with E-state index in [1.165, 1.54) is 19.2 Å². The van der Waals surface area contributed by atoms with Crippen LogP contribution < -0.4 is 9.50 Å². The van der Waals surface area contributed by atoms with E-state index in [1.807, 2.05) is 30.3 Å². The number of benzene rings is 2. The fraction of sp³-hybridized carbons (Fsp3) is 0.263. The van der Waals surface area contributed by atoms with Crippen LogP contribution in [0.15, 0.2) is 54.6 Å². The van der Waals surface area contributed by atoms with E-state index in [9.17, 15) is 18.0 Å². The normalized spacial score (nSPS) is 11.9. The highest BCUT2D eigenvalue weighted by atomic mass is 32.2. The number of methoxy groups -OCH3 is 1. The Morgan fingerprint density at radius 3 is 2.21 bits per heavy atom. The molecule has 0 spiro atoms. The van der Waals surface area contributed by atoms with Crippen molar-refractivity contribution in [1.82, 2.24) is 5.32 Å². The Labute approximate surface area is 163 Å². The second-order valence-corrected chi connectivity index (χ2v) is 7.49. The molecule has 2 rings (SSSR count). The first-order chi connectivity index (χ1) is 13.3. The molecule has 0 aliphatic carbocycles. The number of carbonyl (C=O) groups is 2. The van der Waals surface area contributed by atoms with Gasteiger partial charge in [-0.15, -0.1) is 0 Å². The first kappa shape index (κ1) is 21.2. The number of ether oxygens (including phenoxy) is 2. The van der Waals surface area contributed by atoms with Crippen molar-refractivity contribution in [2.45, 2.75) is 19.1 Å². The van der Waals surface area contributed by atoms with E-state index < -0.39 is 28.2 Å². The Morgan fingerprint density at radius 1 is 1.00 bits per heavy atom. The molecule has 1 atom stereocenters. The molecule has 0 aliphatic rings. The fourth-order valence-corrected chi connectivity index (χ4v) is 2.79. The number of amides is 1. The van der Waals surface area contributed by atoms with Crippen molar-refractivity contribution in [1.29, 1.82) is 0 Å². The molecule has 0 radical (unpaired) electrons. The predicted molar refractivity (Wildman–Crippen MR) is 101 cm³/mol. The molecule has 0 fully saturated rings. The van der Waals surface area contributed by atoms with Crippen molar-refractivity contribution < 1.29 is 31.7 Å². The third-order valence-electron chi connectivity index (χ3n) is 3.60. The van der Waals surface area contributed by atoms with Gasteiger partial charge in [-0.3, -0.25) is 0 Å². The number of hydrogen-bond donors (Lipinski definition) is 1. The predicted octanol–water partition coefficient (Wildman–Crippen LogP) is 2.04. The lowest BCUT2D eigenvalue weighted by Crippen LogP contribution is -2.43. The minimum Gasteiger partial charge on any atom is -0.467 e. The van der Waals surface area contributed by atoms with Gasteiger partial charge in [-0.2, -0.15) is 8.42 Å². The number of hydrogen-bond acceptors (Lipinski definition) is 7. The highest BCUT2D eigenvalue weighted by Gasteiger charge is 2.23. The quantitative estimate of drug-likeness (QED) is 0.527. The Hall–Kier alpha value is -3.07. The van der Waals surface area contributed by atoms with Crippen LogP contribution in [-0.2, 0) is 37.4 Å². The summed E-state index contributed by atoms with van der Waals surface area (Å²) < 4.78 is 36.9. The van der Waals surface area contributed by atoms with Crippen molar-refractivity contribution in [3.8, 4) is 5.75 Å². The van der Waals surface area contributed by atoms with Gasteiger partial charge in [-0.1, -0.05) is 42.5 Å². The maximum atomic E-state index is 12.0. The van der Waals surface area contributed by atoms with E-state index in [0.717, 1.165) is 11.8 Å². The van der Waals surface area contributed by atoms with Crippen molar-refractivity contribution in [2.24, 2.45) is 0 Å². The summed E-state index contributed by atoms with van der Waals surface area (Å²) in [4.78, 5) is 24.0. The molecule has 150 valence electrons. The second-order valence-electron chi connectivity index (χ2n) is 5.92. The summed E-state index contributed by atoms with van der Waals surface area (Å²) in [6, 6.07) is 14.3. The zero-order valence-electron chi connectivity index (χ0n) is 15.5. The molecule has 2 aromatic rings. The Balaban J connectivity index is 1.97. The molecule has 0 bridgehead atoms. The van der Waals surface area contributed by atoms with E-state index in [-0.39, 0.29) is 18.8 Å². The monoisotopic (exact) mass is 407 g/mol. The van der Waals surface area contributed by atoms with E-state index in [0.29, 0.717) is 5.56 Å². The average molecular weight is 407 g/mol. The van der Waals surface area contributed by atoms with Gasteiger partial charge in [0.25, 0.3) is 0 Å². The third-order valence-corrected chi connectivity index (χ3v) is 4.10. The lowest BCUT2D eigenvalue weighted by atomic mass is 10.1. The van der Waals surface area contributed by atoms with Crippen LogP contribution in [0.25, 0.3) is 0 Å². The molecule has 1 unspecified atom stereocenters. The van der Waals surface area contributed by atoms with Crippen LogP contribution in [0.1, 0.15) is 11.1 Å². The standard InChI is InChI=1S/C19H21NO7S/c1-25-18(21)17(20-19(22)26-13-15-6-4-3-5-7-15)12-14-8-10-16(11-9-14)27-28(2,23)24/h3-11,17H,12-13H2,1-2H3,(H,20,22). The largest absolute Gasteiger partial charge is 0.467 e. The van der Waals surface area contributed by atoms with Gasteiger partial charge < -0.3 is 19.0 Å². The summed E-state index contributed by atoms with van der Waals surface area (Å²) in [7, 11) is -2.41. The summed E-state index contributed by atoms with van der Waals surface area (Å²) in [5.74, 6) is -0.482. The zero-order chi connectivity index (χ0) is 20.6. The lowest BCUT2D eigenvalue weighted by molar-refractivity contribution is -0.143. The van der Waals surface area contributed by atoms with Crippen LogP contribution >= 0.6 is 0 Å². The third kappa shape index (κ3) is 7.28. The fourth-order valence-electron chi connectivity index (χ4n) is 2.33. The van der Waals surface area contributed by atoms with Gasteiger partial charge >= 0.3 is 22.2 Å². The molecular formula is C19H21NO7S. The summed E-state index contributed by atoms with van der Waals surface area (Å²) >= 11 is 0. The molecule has 1 amide bonds. The number of carbonyl (C=O) groups excluding carboxylic acids is 2. The summed E-state index contributed by atoms with van der Waals surface area (Å²) in [6.07, 6.45) is 0.321. The molecule has 0 saturated heterocycles. The first-order valence-corrected chi connectivity index (χ1v) is 10.1. The number of nitrogens with one attached hydrogen (secondary N) is 1. The van der Waals surface area contributed by atoms with Gasteiger partial charge in [0.05, 0.1) is 13.4 Å². The molecule has 2 aromatic carbocycles. The number of esters is 1. The summed E-state index contributed by atoms with van der Waals surface area (Å²) in [5.41, 5.74) is 1.48. The molecule has 0 aliphatic heterocycles. The van der Waals surface area contributed by atoms with E-state index in [2.05, 4.69) is 5.32 Å². The van der Waals surface area contributed by atoms with Gasteiger partial charge in [0.2, 0.25) is 0 Å². The van der Waals surface area contributed by atoms with Crippen LogP contribution in [0.3, 0.4) is 0 Å². The Bertz CT molecular complexity index is 896.